The normalized spacial score (nSPS) is 5.00. The Hall–Kier alpha value is 0.682. The largest absolute Gasteiger partial charge is 0.469 e. The molecular weight excluding hydrogens is 284 g/mol. The van der Waals surface area contributed by atoms with E-state index in [1.54, 1.807) is 0 Å². The third kappa shape index (κ3) is 72.4. The molecule has 4 heteroatoms. The van der Waals surface area contributed by atoms with Crippen molar-refractivity contribution in [3.8, 4) is 0 Å². The molecule has 0 aromatic rings. The van der Waals surface area contributed by atoms with Crippen LogP contribution in [0.2, 0.25) is 0 Å². The van der Waals surface area contributed by atoms with Crippen LogP contribution in [0, 0.1) is 0 Å². The second kappa shape index (κ2) is 4.68. The quantitative estimate of drug-likeness (QED) is 0.520. The van der Waals surface area contributed by atoms with Crippen molar-refractivity contribution in [2.45, 2.75) is 0 Å². The van der Waals surface area contributed by atoms with Gasteiger partial charge in [0.2, 0.25) is 0 Å². The number of hydrogen-bond donors (Lipinski definition) is 1. The molecule has 1 radical (unpaired) electrons. The summed E-state index contributed by atoms with van der Waals surface area (Å²) in [4.78, 5) is 8.77. The first-order chi connectivity index (χ1) is 1.73. The van der Waals surface area contributed by atoms with Gasteiger partial charge in [0.15, 0.2) is 0 Å². The molecule has 0 unspecified atom stereocenters. The molecular formula is CHClO2Tl. The summed E-state index contributed by atoms with van der Waals surface area (Å²) in [5.74, 6) is 0. The summed E-state index contributed by atoms with van der Waals surface area (Å²) in [6.07, 6.45) is 0. The van der Waals surface area contributed by atoms with Gasteiger partial charge in [0.1, 0.15) is 0 Å². The van der Waals surface area contributed by atoms with Crippen molar-refractivity contribution in [3.05, 3.63) is 0 Å². The van der Waals surface area contributed by atoms with Crippen LogP contribution in [-0.4, -0.2) is 37.8 Å². The second-order valence-corrected chi connectivity index (χ2v) is 0.576. The molecule has 0 amide bonds. The first kappa shape index (κ1) is 9.19. The zero-order chi connectivity index (χ0) is 3.58. The maximum Gasteiger partial charge on any atom is 0.401 e. The van der Waals surface area contributed by atoms with E-state index in [4.69, 9.17) is 9.90 Å². The van der Waals surface area contributed by atoms with E-state index in [1.165, 1.54) is 0 Å². The number of carbonyl (C=O) groups is 1. The average molecular weight is 285 g/mol. The summed E-state index contributed by atoms with van der Waals surface area (Å²) in [5, 5.41) is 7.18. The molecule has 27 valence electrons. The Balaban J connectivity index is 0. The van der Waals surface area contributed by atoms with Crippen molar-refractivity contribution in [2.75, 3.05) is 0 Å². The van der Waals surface area contributed by atoms with E-state index in [2.05, 4.69) is 11.6 Å². The Morgan fingerprint density at radius 2 is 1.80 bits per heavy atom. The van der Waals surface area contributed by atoms with E-state index in [9.17, 15) is 0 Å². The zero-order valence-electron chi connectivity index (χ0n) is 2.31. The predicted octanol–water partition coefficient (Wildman–Crippen LogP) is 0.522. The molecule has 0 aromatic heterocycles. The van der Waals surface area contributed by atoms with E-state index >= 15 is 0 Å². The minimum Gasteiger partial charge on any atom is -0.469 e. The van der Waals surface area contributed by atoms with E-state index in [1.807, 2.05) is 0 Å². The van der Waals surface area contributed by atoms with Crippen molar-refractivity contribution in [1.82, 2.24) is 0 Å². The molecule has 0 saturated carbocycles. The summed E-state index contributed by atoms with van der Waals surface area (Å²) in [6, 6.07) is 0. The molecule has 0 aliphatic rings. The second-order valence-electron chi connectivity index (χ2n) is 0.253. The van der Waals surface area contributed by atoms with Crippen molar-refractivity contribution in [2.24, 2.45) is 0 Å². The van der Waals surface area contributed by atoms with Gasteiger partial charge in [0.25, 0.3) is 0 Å². The van der Waals surface area contributed by atoms with E-state index in [-0.39, 0.29) is 27.3 Å². The molecule has 0 aliphatic heterocycles. The summed E-state index contributed by atoms with van der Waals surface area (Å²) >= 11 is 4.19. The Morgan fingerprint density at radius 1 is 1.80 bits per heavy atom. The predicted molar refractivity (Wildman–Crippen MR) is 19.6 cm³/mol. The maximum atomic E-state index is 8.77. The number of rotatable bonds is 0. The first-order valence-electron chi connectivity index (χ1n) is 0.617. The Bertz CT molecular complexity index is 32.6. The average Bonchev–Trinajstić information content (AvgIpc) is 0.811. The van der Waals surface area contributed by atoms with E-state index in [0.29, 0.717) is 0 Å². The minimum atomic E-state index is -1.36. The minimum absolute atomic E-state index is 0. The molecule has 0 fully saturated rings. The van der Waals surface area contributed by atoms with Crippen LogP contribution in [0.3, 0.4) is 0 Å². The van der Waals surface area contributed by atoms with Crippen LogP contribution >= 0.6 is 11.6 Å². The molecule has 1 N–H and O–H groups in total. The van der Waals surface area contributed by atoms with Crippen LogP contribution in [-0.2, 0) is 0 Å². The van der Waals surface area contributed by atoms with Gasteiger partial charge >= 0.3 is 5.43 Å². The molecule has 0 heterocycles. The van der Waals surface area contributed by atoms with Gasteiger partial charge in [0, 0.05) is 38.9 Å². The molecule has 2 nitrogen and oxygen atoms in total. The van der Waals surface area contributed by atoms with Crippen molar-refractivity contribution in [1.29, 1.82) is 0 Å². The number of carboxylic acid groups (broad SMARTS) is 1. The molecule has 0 spiro atoms. The Morgan fingerprint density at radius 3 is 1.80 bits per heavy atom. The fourth-order valence-corrected chi connectivity index (χ4v) is 0. The van der Waals surface area contributed by atoms with Gasteiger partial charge in [-0.15, -0.1) is 0 Å². The van der Waals surface area contributed by atoms with Gasteiger partial charge in [-0.1, -0.05) is 0 Å². The molecule has 0 saturated heterocycles. The van der Waals surface area contributed by atoms with E-state index < -0.39 is 5.43 Å². The molecule has 0 bridgehead atoms. The van der Waals surface area contributed by atoms with Gasteiger partial charge in [-0.3, -0.25) is 0 Å². The third-order valence-electron chi connectivity index (χ3n) is 0. The van der Waals surface area contributed by atoms with Crippen molar-refractivity contribution >= 4 is 44.3 Å². The van der Waals surface area contributed by atoms with Gasteiger partial charge in [0.05, 0.1) is 0 Å². The molecule has 0 rings (SSSR count). The molecule has 5 heavy (non-hydrogen) atoms. The summed E-state index contributed by atoms with van der Waals surface area (Å²) in [6.45, 7) is 0. The Labute approximate surface area is 54.3 Å². The fraction of sp³-hybridized carbons (Fsp3) is 0. The first-order valence-corrected chi connectivity index (χ1v) is 0.995. The third-order valence-corrected chi connectivity index (χ3v) is 0. The zero-order valence-corrected chi connectivity index (χ0v) is 7.56. The van der Waals surface area contributed by atoms with E-state index in [0.717, 1.165) is 0 Å². The SMILES string of the molecule is O=C(O)Cl.[Tl]. The topological polar surface area (TPSA) is 37.3 Å². The smallest absolute Gasteiger partial charge is 0.401 e. The fourth-order valence-electron chi connectivity index (χ4n) is 0. The summed E-state index contributed by atoms with van der Waals surface area (Å²) < 4.78 is 0. The van der Waals surface area contributed by atoms with Crippen molar-refractivity contribution < 1.29 is 9.90 Å². The van der Waals surface area contributed by atoms with Gasteiger partial charge in [-0.25, -0.2) is 4.79 Å². The van der Waals surface area contributed by atoms with Crippen LogP contribution in [0.1, 0.15) is 0 Å². The molecule has 0 aromatic carbocycles. The monoisotopic (exact) mass is 285 g/mol. The summed E-state index contributed by atoms with van der Waals surface area (Å²) in [5.41, 5.74) is -1.36. The summed E-state index contributed by atoms with van der Waals surface area (Å²) in [7, 11) is 0. The molecule has 0 atom stereocenters. The number of halogens is 1. The Kier molecular flexibility index (Phi) is 8.60. The van der Waals surface area contributed by atoms with Crippen LogP contribution in [0.15, 0.2) is 0 Å². The van der Waals surface area contributed by atoms with Crippen LogP contribution in [0.4, 0.5) is 4.79 Å². The number of hydrogen-bond acceptors (Lipinski definition) is 1. The van der Waals surface area contributed by atoms with Crippen LogP contribution in [0.5, 0.6) is 0 Å². The standard InChI is InChI=1S/CHClO2.Tl/c2-1(3)4;/h(H,3,4);. The van der Waals surface area contributed by atoms with Crippen LogP contribution < -0.4 is 0 Å². The van der Waals surface area contributed by atoms with Gasteiger partial charge < -0.3 is 5.11 Å². The van der Waals surface area contributed by atoms with Gasteiger partial charge in [-0.05, 0) is 0 Å². The molecule has 0 aliphatic carbocycles. The van der Waals surface area contributed by atoms with Crippen LogP contribution in [0.25, 0.3) is 0 Å². The van der Waals surface area contributed by atoms with Crippen molar-refractivity contribution in [3.63, 3.8) is 0 Å². The maximum absolute atomic E-state index is 8.77. The van der Waals surface area contributed by atoms with Gasteiger partial charge in [-0.2, -0.15) is 0 Å².